The summed E-state index contributed by atoms with van der Waals surface area (Å²) in [5, 5.41) is 10.3. The molecule has 174 valence electrons. The third-order valence-electron chi connectivity index (χ3n) is 6.07. The van der Waals surface area contributed by atoms with Crippen LogP contribution in [0, 0.1) is 0 Å². The minimum absolute atomic E-state index is 0.122. The number of carbonyl (C=O) groups is 1. The molecule has 0 unspecified atom stereocenters. The molecule has 3 aromatic heterocycles. The Labute approximate surface area is 198 Å². The fourth-order valence-electron chi connectivity index (χ4n) is 4.13. The van der Waals surface area contributed by atoms with E-state index >= 15 is 0 Å². The molecule has 1 N–H and O–H groups in total. The van der Waals surface area contributed by atoms with Gasteiger partial charge in [-0.25, -0.2) is 0 Å². The summed E-state index contributed by atoms with van der Waals surface area (Å²) in [7, 11) is 0. The van der Waals surface area contributed by atoms with Crippen LogP contribution in [0.15, 0.2) is 65.3 Å². The first kappa shape index (κ1) is 22.3. The van der Waals surface area contributed by atoms with Crippen LogP contribution < -0.4 is 0 Å². The Bertz CT molecular complexity index is 1320. The molecule has 7 heteroatoms. The highest BCUT2D eigenvalue weighted by Crippen LogP contribution is 2.34. The number of aliphatic hydroxyl groups is 1. The summed E-state index contributed by atoms with van der Waals surface area (Å²) >= 11 is 0. The highest BCUT2D eigenvalue weighted by Gasteiger charge is 2.20. The predicted octanol–water partition coefficient (Wildman–Crippen LogP) is 4.19. The van der Waals surface area contributed by atoms with E-state index in [0.29, 0.717) is 49.8 Å². The summed E-state index contributed by atoms with van der Waals surface area (Å²) < 4.78 is 11.6. The summed E-state index contributed by atoms with van der Waals surface area (Å²) in [6, 6.07) is 15.5. The van der Waals surface area contributed by atoms with Crippen molar-refractivity contribution < 1.29 is 19.1 Å². The van der Waals surface area contributed by atoms with Gasteiger partial charge in [0.15, 0.2) is 5.58 Å². The van der Waals surface area contributed by atoms with Crippen LogP contribution in [0.1, 0.15) is 25.1 Å². The van der Waals surface area contributed by atoms with Gasteiger partial charge in [-0.1, -0.05) is 24.3 Å². The van der Waals surface area contributed by atoms with Crippen LogP contribution in [0.3, 0.4) is 0 Å². The third kappa shape index (κ3) is 4.58. The lowest BCUT2D eigenvalue weighted by atomic mass is 10.00. The van der Waals surface area contributed by atoms with Crippen molar-refractivity contribution in [2.45, 2.75) is 25.9 Å². The largest absolute Gasteiger partial charge is 0.454 e. The Morgan fingerprint density at radius 2 is 1.74 bits per heavy atom. The van der Waals surface area contributed by atoms with Crippen LogP contribution in [0.5, 0.6) is 0 Å². The van der Waals surface area contributed by atoms with Crippen LogP contribution in [0.2, 0.25) is 0 Å². The molecule has 4 heterocycles. The zero-order valence-electron chi connectivity index (χ0n) is 19.3. The van der Waals surface area contributed by atoms with Gasteiger partial charge in [0, 0.05) is 42.7 Å². The van der Waals surface area contributed by atoms with Gasteiger partial charge < -0.3 is 19.2 Å². The maximum absolute atomic E-state index is 12.5. The number of rotatable bonds is 5. The summed E-state index contributed by atoms with van der Waals surface area (Å²) in [4.78, 5) is 23.1. The fraction of sp³-hybridized carbons (Fsp3) is 0.296. The number of benzene rings is 1. The van der Waals surface area contributed by atoms with Crippen LogP contribution in [-0.2, 0) is 21.6 Å². The highest BCUT2D eigenvalue weighted by atomic mass is 16.5. The molecule has 1 amide bonds. The number of ether oxygens (including phenoxy) is 1. The summed E-state index contributed by atoms with van der Waals surface area (Å²) in [5.41, 5.74) is 4.64. The van der Waals surface area contributed by atoms with Crippen LogP contribution in [0.25, 0.3) is 33.6 Å². The summed E-state index contributed by atoms with van der Waals surface area (Å²) in [6.45, 7) is 5.94. The van der Waals surface area contributed by atoms with Crippen molar-refractivity contribution in [1.82, 2.24) is 14.9 Å². The second-order valence-corrected chi connectivity index (χ2v) is 9.04. The van der Waals surface area contributed by atoms with E-state index in [9.17, 15) is 9.90 Å². The van der Waals surface area contributed by atoms with E-state index in [1.807, 2.05) is 53.4 Å². The number of nitrogens with zero attached hydrogens (tertiary/aromatic N) is 3. The maximum atomic E-state index is 12.5. The zero-order chi connectivity index (χ0) is 23.7. The Hall–Kier alpha value is -3.55. The van der Waals surface area contributed by atoms with E-state index in [-0.39, 0.29) is 5.91 Å². The van der Waals surface area contributed by atoms with Gasteiger partial charge in [0.05, 0.1) is 25.3 Å². The minimum atomic E-state index is -1.04. The average molecular weight is 458 g/mol. The van der Waals surface area contributed by atoms with E-state index in [4.69, 9.17) is 9.15 Å². The van der Waals surface area contributed by atoms with Crippen LogP contribution in [0.4, 0.5) is 0 Å². The molecule has 7 nitrogen and oxygen atoms in total. The molecule has 1 aliphatic rings. The van der Waals surface area contributed by atoms with Gasteiger partial charge in [0.1, 0.15) is 16.9 Å². The van der Waals surface area contributed by atoms with Crippen molar-refractivity contribution in [1.29, 1.82) is 0 Å². The molecule has 0 aliphatic carbocycles. The van der Waals surface area contributed by atoms with Gasteiger partial charge >= 0.3 is 0 Å². The molecule has 4 aromatic rings. The molecule has 5 rings (SSSR count). The number of morpholine rings is 1. The average Bonchev–Trinajstić information content (AvgIpc) is 3.29. The summed E-state index contributed by atoms with van der Waals surface area (Å²) in [5.74, 6) is 0.828. The Morgan fingerprint density at radius 1 is 1.00 bits per heavy atom. The fourth-order valence-corrected chi connectivity index (χ4v) is 4.13. The quantitative estimate of drug-likeness (QED) is 0.484. The number of carbonyl (C=O) groups excluding carboxylic acids is 1. The van der Waals surface area contributed by atoms with E-state index in [0.717, 1.165) is 27.8 Å². The molecule has 1 aromatic carbocycles. The number of aromatic nitrogens is 2. The lowest BCUT2D eigenvalue weighted by Gasteiger charge is -2.26. The number of amides is 1. The lowest BCUT2D eigenvalue weighted by molar-refractivity contribution is -0.134. The highest BCUT2D eigenvalue weighted by molar-refractivity contribution is 5.92. The topological polar surface area (TPSA) is 88.7 Å². The Kier molecular flexibility index (Phi) is 5.89. The first-order valence-electron chi connectivity index (χ1n) is 11.4. The number of hydrogen-bond acceptors (Lipinski definition) is 6. The van der Waals surface area contributed by atoms with Gasteiger partial charge in [-0.2, -0.15) is 0 Å². The summed E-state index contributed by atoms with van der Waals surface area (Å²) in [6.07, 6.45) is 3.81. The van der Waals surface area contributed by atoms with E-state index < -0.39 is 5.60 Å². The standard InChI is InChI=1S/C27H27N3O4/c1-27(2,32)24-16-20(7-9-29-24)21-8-10-28-22-17-23(34-26(21)22)19-5-3-18(4-6-19)15-25(31)30-11-13-33-14-12-30/h3-10,16-17,32H,11-15H2,1-2H3. The number of hydrogen-bond donors (Lipinski definition) is 1. The van der Waals surface area contributed by atoms with E-state index in [2.05, 4.69) is 9.97 Å². The molecule has 1 aliphatic heterocycles. The molecule has 1 saturated heterocycles. The van der Waals surface area contributed by atoms with E-state index in [1.165, 1.54) is 0 Å². The first-order valence-corrected chi connectivity index (χ1v) is 11.4. The SMILES string of the molecule is CC(C)(O)c1cc(-c2ccnc3cc(-c4ccc(CC(=O)N5CCOCC5)cc4)oc23)ccn1. The van der Waals surface area contributed by atoms with Crippen molar-refractivity contribution in [3.63, 3.8) is 0 Å². The number of fused-ring (bicyclic) bond motifs is 1. The zero-order valence-corrected chi connectivity index (χ0v) is 19.3. The molecular weight excluding hydrogens is 430 g/mol. The second kappa shape index (κ2) is 9.00. The van der Waals surface area contributed by atoms with Crippen molar-refractivity contribution in [2.75, 3.05) is 26.3 Å². The number of pyridine rings is 2. The molecule has 0 bridgehead atoms. The maximum Gasteiger partial charge on any atom is 0.227 e. The second-order valence-electron chi connectivity index (χ2n) is 9.04. The van der Waals surface area contributed by atoms with Gasteiger partial charge in [0.25, 0.3) is 0 Å². The van der Waals surface area contributed by atoms with Crippen LogP contribution >= 0.6 is 0 Å². The van der Waals surface area contributed by atoms with Gasteiger partial charge in [-0.05, 0) is 43.2 Å². The molecule has 1 fully saturated rings. The lowest BCUT2D eigenvalue weighted by Crippen LogP contribution is -2.41. The first-order chi connectivity index (χ1) is 16.4. The molecular formula is C27H27N3O4. The number of furan rings is 1. The predicted molar refractivity (Wildman–Crippen MR) is 129 cm³/mol. The Balaban J connectivity index is 1.40. The third-order valence-corrected chi connectivity index (χ3v) is 6.07. The van der Waals surface area contributed by atoms with Crippen molar-refractivity contribution in [2.24, 2.45) is 0 Å². The molecule has 0 radical (unpaired) electrons. The molecule has 34 heavy (non-hydrogen) atoms. The smallest absolute Gasteiger partial charge is 0.227 e. The molecule has 0 atom stereocenters. The molecule has 0 saturated carbocycles. The van der Waals surface area contributed by atoms with Gasteiger partial charge in [-0.3, -0.25) is 14.8 Å². The Morgan fingerprint density at radius 3 is 2.47 bits per heavy atom. The van der Waals surface area contributed by atoms with Crippen molar-refractivity contribution in [3.8, 4) is 22.5 Å². The minimum Gasteiger partial charge on any atom is -0.454 e. The molecule has 0 spiro atoms. The normalized spacial score (nSPS) is 14.5. The monoisotopic (exact) mass is 457 g/mol. The van der Waals surface area contributed by atoms with Gasteiger partial charge in [0.2, 0.25) is 5.91 Å². The van der Waals surface area contributed by atoms with E-state index in [1.54, 1.807) is 26.2 Å². The van der Waals surface area contributed by atoms with Crippen LogP contribution in [-0.4, -0.2) is 52.2 Å². The van der Waals surface area contributed by atoms with Crippen molar-refractivity contribution in [3.05, 3.63) is 72.2 Å². The van der Waals surface area contributed by atoms with Gasteiger partial charge in [-0.15, -0.1) is 0 Å². The van der Waals surface area contributed by atoms with Crippen molar-refractivity contribution >= 4 is 17.0 Å².